The van der Waals surface area contributed by atoms with E-state index in [0.29, 0.717) is 16.3 Å². The van der Waals surface area contributed by atoms with Gasteiger partial charge in [-0.3, -0.25) is 19.5 Å². The molecule has 1 amide bonds. The molecule has 0 radical (unpaired) electrons. The van der Waals surface area contributed by atoms with Crippen molar-refractivity contribution in [2.75, 3.05) is 12.0 Å². The second-order valence-electron chi connectivity index (χ2n) is 6.79. The largest absolute Gasteiger partial charge is 0.507 e. The second-order valence-corrected chi connectivity index (χ2v) is 7.19. The molecule has 1 atom stereocenters. The van der Waals surface area contributed by atoms with E-state index >= 15 is 0 Å². The fourth-order valence-electron chi connectivity index (χ4n) is 3.57. The van der Waals surface area contributed by atoms with Crippen molar-refractivity contribution >= 4 is 34.7 Å². The Balaban J connectivity index is 1.96. The van der Waals surface area contributed by atoms with Gasteiger partial charge < -0.3 is 14.9 Å². The van der Waals surface area contributed by atoms with Crippen LogP contribution in [0, 0.1) is 0 Å². The molecule has 0 saturated carbocycles. The molecule has 0 bridgehead atoms. The van der Waals surface area contributed by atoms with Gasteiger partial charge in [0.25, 0.3) is 11.7 Å². The third kappa shape index (κ3) is 3.49. The quantitative estimate of drug-likeness (QED) is 0.363. The molecular formula is C23H17ClN2O5. The smallest absolute Gasteiger partial charge is 0.300 e. The molecule has 0 spiro atoms. The minimum atomic E-state index is -0.974. The maximum Gasteiger partial charge on any atom is 0.300 e. The van der Waals surface area contributed by atoms with Crippen LogP contribution in [0.25, 0.3) is 5.76 Å². The Bertz CT molecular complexity index is 1210. The van der Waals surface area contributed by atoms with E-state index in [9.17, 15) is 19.8 Å². The zero-order valence-corrected chi connectivity index (χ0v) is 17.1. The molecule has 8 heteroatoms. The lowest BCUT2D eigenvalue weighted by molar-refractivity contribution is -0.132. The van der Waals surface area contributed by atoms with E-state index in [1.807, 2.05) is 0 Å². The van der Waals surface area contributed by atoms with Gasteiger partial charge in [0.15, 0.2) is 0 Å². The Morgan fingerprint density at radius 2 is 1.81 bits per heavy atom. The van der Waals surface area contributed by atoms with Crippen LogP contribution >= 0.6 is 11.6 Å². The molecule has 2 aromatic carbocycles. The third-order valence-electron chi connectivity index (χ3n) is 5.03. The van der Waals surface area contributed by atoms with E-state index < -0.39 is 17.7 Å². The lowest BCUT2D eigenvalue weighted by atomic mass is 9.95. The number of aromatic hydroxyl groups is 1. The van der Waals surface area contributed by atoms with Gasteiger partial charge in [-0.05, 0) is 48.0 Å². The van der Waals surface area contributed by atoms with Crippen molar-refractivity contribution in [3.63, 3.8) is 0 Å². The molecule has 1 fully saturated rings. The SMILES string of the molecule is COc1cc(/C(O)=C2/C(=O)C(=O)N(c3ccccc3O)C2c2ccncc2)ccc1Cl. The van der Waals surface area contributed by atoms with E-state index in [4.69, 9.17) is 16.3 Å². The predicted molar refractivity (Wildman–Crippen MR) is 115 cm³/mol. The number of aliphatic hydroxyl groups is 1. The lowest BCUT2D eigenvalue weighted by Crippen LogP contribution is -2.29. The Hall–Kier alpha value is -3.84. The average molecular weight is 437 g/mol. The van der Waals surface area contributed by atoms with Crippen molar-refractivity contribution < 1.29 is 24.5 Å². The number of Topliss-reactive ketones (excluding diaryl/α,β-unsaturated/α-hetero) is 1. The van der Waals surface area contributed by atoms with Gasteiger partial charge in [0.2, 0.25) is 0 Å². The van der Waals surface area contributed by atoms with Gasteiger partial charge >= 0.3 is 0 Å². The van der Waals surface area contributed by atoms with Crippen molar-refractivity contribution in [1.82, 2.24) is 4.98 Å². The fourth-order valence-corrected chi connectivity index (χ4v) is 3.77. The van der Waals surface area contributed by atoms with Crippen molar-refractivity contribution in [2.24, 2.45) is 0 Å². The number of phenols is 1. The molecule has 1 aliphatic rings. The zero-order chi connectivity index (χ0) is 22.1. The minimum absolute atomic E-state index is 0.121. The highest BCUT2D eigenvalue weighted by molar-refractivity contribution is 6.52. The fraction of sp³-hybridized carbons (Fsp3) is 0.0870. The van der Waals surface area contributed by atoms with E-state index in [0.717, 1.165) is 0 Å². The van der Waals surface area contributed by atoms with Crippen molar-refractivity contribution in [3.8, 4) is 11.5 Å². The first-order valence-corrected chi connectivity index (χ1v) is 9.64. The number of nitrogens with zero attached hydrogens (tertiary/aromatic N) is 2. The van der Waals surface area contributed by atoms with Crippen LogP contribution in [0.3, 0.4) is 0 Å². The number of ketones is 1. The minimum Gasteiger partial charge on any atom is -0.507 e. The molecule has 156 valence electrons. The first-order valence-electron chi connectivity index (χ1n) is 9.27. The number of amides is 1. The van der Waals surface area contributed by atoms with Gasteiger partial charge in [0.1, 0.15) is 17.3 Å². The Kier molecular flexibility index (Phi) is 5.35. The number of ether oxygens (including phenoxy) is 1. The van der Waals surface area contributed by atoms with E-state index in [-0.39, 0.29) is 28.3 Å². The number of hydrogen-bond acceptors (Lipinski definition) is 6. The maximum atomic E-state index is 13.1. The number of aromatic nitrogens is 1. The molecule has 1 aromatic heterocycles. The van der Waals surface area contributed by atoms with Gasteiger partial charge in [-0.15, -0.1) is 0 Å². The van der Waals surface area contributed by atoms with Gasteiger partial charge in [-0.25, -0.2) is 0 Å². The predicted octanol–water partition coefficient (Wildman–Crippen LogP) is 4.08. The molecule has 2 N–H and O–H groups in total. The highest BCUT2D eigenvalue weighted by Crippen LogP contribution is 2.44. The summed E-state index contributed by atoms with van der Waals surface area (Å²) in [6.07, 6.45) is 3.04. The standard InChI is InChI=1S/C23H17ClN2O5/c1-31-18-12-14(6-7-15(18)24)21(28)19-20(13-8-10-25-11-9-13)26(23(30)22(19)29)16-4-2-3-5-17(16)27/h2-12,20,27-28H,1H3/b21-19-. The number of carbonyl (C=O) groups is 2. The number of rotatable bonds is 4. The monoisotopic (exact) mass is 436 g/mol. The van der Waals surface area contributed by atoms with Crippen molar-refractivity contribution in [1.29, 1.82) is 0 Å². The highest BCUT2D eigenvalue weighted by Gasteiger charge is 2.47. The number of carbonyl (C=O) groups excluding carboxylic acids is 2. The molecule has 2 heterocycles. The van der Waals surface area contributed by atoms with Crippen LogP contribution in [0.5, 0.6) is 11.5 Å². The Morgan fingerprint density at radius 3 is 2.48 bits per heavy atom. The molecule has 1 saturated heterocycles. The summed E-state index contributed by atoms with van der Waals surface area (Å²) in [5.74, 6) is -1.99. The lowest BCUT2D eigenvalue weighted by Gasteiger charge is -2.25. The van der Waals surface area contributed by atoms with Crippen LogP contribution in [-0.4, -0.2) is 34.0 Å². The van der Waals surface area contributed by atoms with E-state index in [2.05, 4.69) is 4.98 Å². The zero-order valence-electron chi connectivity index (χ0n) is 16.3. The normalized spacial score (nSPS) is 17.7. The van der Waals surface area contributed by atoms with Crippen LogP contribution in [-0.2, 0) is 9.59 Å². The summed E-state index contributed by atoms with van der Waals surface area (Å²) in [7, 11) is 1.43. The van der Waals surface area contributed by atoms with Crippen molar-refractivity contribution in [2.45, 2.75) is 6.04 Å². The summed E-state index contributed by atoms with van der Waals surface area (Å²) in [5.41, 5.74) is 0.832. The third-order valence-corrected chi connectivity index (χ3v) is 5.34. The van der Waals surface area contributed by atoms with E-state index in [1.165, 1.54) is 54.7 Å². The van der Waals surface area contributed by atoms with Gasteiger partial charge in [-0.1, -0.05) is 23.7 Å². The molecule has 1 unspecified atom stereocenters. The number of aliphatic hydroxyl groups excluding tert-OH is 1. The molecule has 0 aliphatic carbocycles. The highest BCUT2D eigenvalue weighted by atomic mass is 35.5. The average Bonchev–Trinajstić information content (AvgIpc) is 3.05. The second kappa shape index (κ2) is 8.12. The molecular weight excluding hydrogens is 420 g/mol. The van der Waals surface area contributed by atoms with Crippen LogP contribution in [0.2, 0.25) is 5.02 Å². The summed E-state index contributed by atoms with van der Waals surface area (Å²) in [6.45, 7) is 0. The summed E-state index contributed by atoms with van der Waals surface area (Å²) in [5, 5.41) is 21.8. The Morgan fingerprint density at radius 1 is 1.10 bits per heavy atom. The van der Waals surface area contributed by atoms with Crippen LogP contribution in [0.4, 0.5) is 5.69 Å². The number of anilines is 1. The number of phenolic OH excluding ortho intramolecular Hbond substituents is 1. The topological polar surface area (TPSA) is 100.0 Å². The van der Waals surface area contributed by atoms with Crippen LogP contribution < -0.4 is 9.64 Å². The van der Waals surface area contributed by atoms with Gasteiger partial charge in [0, 0.05) is 18.0 Å². The number of benzene rings is 2. The van der Waals surface area contributed by atoms with Crippen LogP contribution in [0.1, 0.15) is 17.2 Å². The Labute approximate surface area is 182 Å². The first-order chi connectivity index (χ1) is 14.9. The molecule has 7 nitrogen and oxygen atoms in total. The molecule has 31 heavy (non-hydrogen) atoms. The number of methoxy groups -OCH3 is 1. The summed E-state index contributed by atoms with van der Waals surface area (Å²) in [6, 6.07) is 13.0. The van der Waals surface area contributed by atoms with Gasteiger partial charge in [0.05, 0.1) is 29.4 Å². The maximum absolute atomic E-state index is 13.1. The summed E-state index contributed by atoms with van der Waals surface area (Å²) in [4.78, 5) is 31.2. The van der Waals surface area contributed by atoms with Crippen molar-refractivity contribution in [3.05, 3.63) is 88.7 Å². The number of halogens is 1. The molecule has 1 aliphatic heterocycles. The van der Waals surface area contributed by atoms with Crippen LogP contribution in [0.15, 0.2) is 72.6 Å². The summed E-state index contributed by atoms with van der Waals surface area (Å²) >= 11 is 6.07. The first kappa shape index (κ1) is 20.4. The number of hydrogen-bond donors (Lipinski definition) is 2. The number of para-hydroxylation sites is 2. The number of pyridine rings is 1. The van der Waals surface area contributed by atoms with Gasteiger partial charge in [-0.2, -0.15) is 0 Å². The summed E-state index contributed by atoms with van der Waals surface area (Å²) < 4.78 is 5.19. The van der Waals surface area contributed by atoms with E-state index in [1.54, 1.807) is 24.3 Å². The molecule has 3 aromatic rings. The molecule has 4 rings (SSSR count).